The van der Waals surface area contributed by atoms with Crippen molar-refractivity contribution in [1.29, 1.82) is 0 Å². The van der Waals surface area contributed by atoms with Gasteiger partial charge in [0.15, 0.2) is 0 Å². The molecule has 4 heteroatoms. The van der Waals surface area contributed by atoms with Crippen LogP contribution in [0.25, 0.3) is 0 Å². The van der Waals surface area contributed by atoms with Crippen LogP contribution in [0.1, 0.15) is 65.2 Å². The molecule has 0 aliphatic heterocycles. The molecule has 0 saturated carbocycles. The van der Waals surface area contributed by atoms with Crippen molar-refractivity contribution in [2.24, 2.45) is 0 Å². The number of Topliss-reactive ketones (excluding diaryl/α,β-unsaturated/α-hetero) is 1. The molecule has 0 heterocycles. The SMILES string of the molecule is CCCCCCCCCC(=O)OC([O])C(C)=O. The van der Waals surface area contributed by atoms with Crippen molar-refractivity contribution in [1.82, 2.24) is 0 Å². The van der Waals surface area contributed by atoms with Gasteiger partial charge in [-0.2, -0.15) is 5.11 Å². The number of ether oxygens (including phenoxy) is 1. The van der Waals surface area contributed by atoms with Crippen LogP contribution in [0.2, 0.25) is 0 Å². The summed E-state index contributed by atoms with van der Waals surface area (Å²) in [4.78, 5) is 21.7. The Morgan fingerprint density at radius 2 is 1.53 bits per heavy atom. The number of carbonyl (C=O) groups is 2. The van der Waals surface area contributed by atoms with Gasteiger partial charge in [-0.1, -0.05) is 45.4 Å². The molecule has 0 aromatic carbocycles. The van der Waals surface area contributed by atoms with E-state index in [0.29, 0.717) is 0 Å². The first-order valence-corrected chi connectivity index (χ1v) is 6.43. The Morgan fingerprint density at radius 1 is 1.00 bits per heavy atom. The number of esters is 1. The van der Waals surface area contributed by atoms with Gasteiger partial charge in [0, 0.05) is 13.3 Å². The maximum absolute atomic E-state index is 11.1. The lowest BCUT2D eigenvalue weighted by atomic mass is 10.1. The van der Waals surface area contributed by atoms with E-state index >= 15 is 0 Å². The second kappa shape index (κ2) is 10.3. The van der Waals surface area contributed by atoms with Crippen LogP contribution in [0.5, 0.6) is 0 Å². The highest BCUT2D eigenvalue weighted by Crippen LogP contribution is 2.09. The van der Waals surface area contributed by atoms with Crippen molar-refractivity contribution in [3.63, 3.8) is 0 Å². The van der Waals surface area contributed by atoms with E-state index in [2.05, 4.69) is 11.7 Å². The molecule has 0 saturated heterocycles. The van der Waals surface area contributed by atoms with Gasteiger partial charge in [-0.25, -0.2) is 0 Å². The predicted octanol–water partition coefficient (Wildman–Crippen LogP) is 3.02. The highest BCUT2D eigenvalue weighted by molar-refractivity contribution is 5.81. The molecule has 17 heavy (non-hydrogen) atoms. The van der Waals surface area contributed by atoms with E-state index in [9.17, 15) is 14.7 Å². The molecule has 0 aliphatic rings. The third-order valence-corrected chi connectivity index (χ3v) is 2.55. The van der Waals surface area contributed by atoms with Crippen molar-refractivity contribution in [3.05, 3.63) is 0 Å². The number of ketones is 1. The summed E-state index contributed by atoms with van der Waals surface area (Å²) in [7, 11) is 0. The smallest absolute Gasteiger partial charge is 0.308 e. The Labute approximate surface area is 103 Å². The van der Waals surface area contributed by atoms with E-state index in [4.69, 9.17) is 0 Å². The number of hydrogen-bond acceptors (Lipinski definition) is 3. The molecule has 0 amide bonds. The lowest BCUT2D eigenvalue weighted by molar-refractivity contribution is -0.184. The van der Waals surface area contributed by atoms with Gasteiger partial charge >= 0.3 is 5.97 Å². The van der Waals surface area contributed by atoms with Gasteiger partial charge in [0.05, 0.1) is 0 Å². The first-order valence-electron chi connectivity index (χ1n) is 6.43. The maximum atomic E-state index is 11.1. The monoisotopic (exact) mass is 243 g/mol. The van der Waals surface area contributed by atoms with Crippen molar-refractivity contribution in [2.75, 3.05) is 0 Å². The van der Waals surface area contributed by atoms with E-state index in [0.717, 1.165) is 26.2 Å². The molecule has 0 aromatic heterocycles. The zero-order valence-electron chi connectivity index (χ0n) is 10.9. The Morgan fingerprint density at radius 3 is 2.06 bits per heavy atom. The fourth-order valence-corrected chi connectivity index (χ4v) is 1.49. The molecule has 1 atom stereocenters. The quantitative estimate of drug-likeness (QED) is 0.336. The normalized spacial score (nSPS) is 12.2. The van der Waals surface area contributed by atoms with Gasteiger partial charge in [-0.15, -0.1) is 0 Å². The summed E-state index contributed by atoms with van der Waals surface area (Å²) in [6, 6.07) is 0. The molecule has 0 aliphatic carbocycles. The fourth-order valence-electron chi connectivity index (χ4n) is 1.49. The molecule has 0 spiro atoms. The largest absolute Gasteiger partial charge is 0.425 e. The maximum Gasteiger partial charge on any atom is 0.308 e. The second-order valence-corrected chi connectivity index (χ2v) is 4.30. The third-order valence-electron chi connectivity index (χ3n) is 2.55. The van der Waals surface area contributed by atoms with Crippen LogP contribution in [0.4, 0.5) is 0 Å². The summed E-state index contributed by atoms with van der Waals surface area (Å²) >= 11 is 0. The molecule has 0 bridgehead atoms. The summed E-state index contributed by atoms with van der Waals surface area (Å²) in [5, 5.41) is 10.9. The number of unbranched alkanes of at least 4 members (excludes halogenated alkanes) is 6. The predicted molar refractivity (Wildman–Crippen MR) is 63.9 cm³/mol. The van der Waals surface area contributed by atoms with Crippen LogP contribution in [0, 0.1) is 0 Å². The van der Waals surface area contributed by atoms with Crippen molar-refractivity contribution >= 4 is 11.8 Å². The van der Waals surface area contributed by atoms with E-state index < -0.39 is 18.0 Å². The standard InChI is InChI=1S/C13H23O4/c1-3-4-5-6-7-8-9-10-12(15)17-13(16)11(2)14/h13H,3-10H2,1-2H3. The van der Waals surface area contributed by atoms with Crippen LogP contribution in [0.3, 0.4) is 0 Å². The lowest BCUT2D eigenvalue weighted by Crippen LogP contribution is -2.23. The minimum absolute atomic E-state index is 0.236. The summed E-state index contributed by atoms with van der Waals surface area (Å²) in [5.74, 6) is -1.22. The number of carbonyl (C=O) groups excluding carboxylic acids is 2. The summed E-state index contributed by atoms with van der Waals surface area (Å²) in [6.45, 7) is 3.29. The van der Waals surface area contributed by atoms with E-state index in [1.54, 1.807) is 0 Å². The van der Waals surface area contributed by atoms with Gasteiger partial charge in [0.25, 0.3) is 6.29 Å². The van der Waals surface area contributed by atoms with Crippen LogP contribution >= 0.6 is 0 Å². The van der Waals surface area contributed by atoms with Gasteiger partial charge < -0.3 is 4.74 Å². The summed E-state index contributed by atoms with van der Waals surface area (Å²) in [6.07, 6.45) is 6.14. The van der Waals surface area contributed by atoms with Gasteiger partial charge in [0.2, 0.25) is 5.78 Å². The van der Waals surface area contributed by atoms with Gasteiger partial charge in [-0.05, 0) is 6.42 Å². The van der Waals surface area contributed by atoms with Crippen molar-refractivity contribution in [3.8, 4) is 0 Å². The Balaban J connectivity index is 3.36. The molecule has 0 fully saturated rings. The molecule has 1 radical (unpaired) electrons. The summed E-state index contributed by atoms with van der Waals surface area (Å²) < 4.78 is 4.41. The average molecular weight is 243 g/mol. The summed E-state index contributed by atoms with van der Waals surface area (Å²) in [5.41, 5.74) is 0. The van der Waals surface area contributed by atoms with Gasteiger partial charge in [-0.3, -0.25) is 9.59 Å². The van der Waals surface area contributed by atoms with Crippen molar-refractivity contribution < 1.29 is 19.4 Å². The Bertz CT molecular complexity index is 225. The number of rotatable bonds is 10. The lowest BCUT2D eigenvalue weighted by Gasteiger charge is -2.06. The van der Waals surface area contributed by atoms with E-state index in [1.165, 1.54) is 25.7 Å². The molecule has 99 valence electrons. The van der Waals surface area contributed by atoms with Crippen LogP contribution in [-0.2, 0) is 19.4 Å². The van der Waals surface area contributed by atoms with Crippen molar-refractivity contribution in [2.45, 2.75) is 71.5 Å². The van der Waals surface area contributed by atoms with Gasteiger partial charge in [0.1, 0.15) is 0 Å². The van der Waals surface area contributed by atoms with Crippen LogP contribution in [-0.4, -0.2) is 18.0 Å². The average Bonchev–Trinajstić information content (AvgIpc) is 2.27. The fraction of sp³-hybridized carbons (Fsp3) is 0.846. The minimum atomic E-state index is -1.84. The Kier molecular flexibility index (Phi) is 9.72. The first-order chi connectivity index (χ1) is 8.07. The first kappa shape index (κ1) is 16.1. The van der Waals surface area contributed by atoms with E-state index in [1.807, 2.05) is 0 Å². The molecule has 0 rings (SSSR count). The minimum Gasteiger partial charge on any atom is -0.425 e. The van der Waals surface area contributed by atoms with Crippen LogP contribution in [0.15, 0.2) is 0 Å². The number of hydrogen-bond donors (Lipinski definition) is 0. The molecular weight excluding hydrogens is 220 g/mol. The van der Waals surface area contributed by atoms with E-state index in [-0.39, 0.29) is 6.42 Å². The molecular formula is C13H23O4. The third kappa shape index (κ3) is 10.00. The zero-order chi connectivity index (χ0) is 13.1. The molecule has 0 N–H and O–H groups in total. The second-order valence-electron chi connectivity index (χ2n) is 4.30. The highest BCUT2D eigenvalue weighted by Gasteiger charge is 2.16. The zero-order valence-corrected chi connectivity index (χ0v) is 10.9. The highest BCUT2D eigenvalue weighted by atomic mass is 16.6. The molecule has 0 aromatic rings. The Hall–Kier alpha value is -0.900. The molecule has 4 nitrogen and oxygen atoms in total. The molecule has 1 unspecified atom stereocenters. The van der Waals surface area contributed by atoms with Crippen LogP contribution < -0.4 is 0 Å². The topological polar surface area (TPSA) is 63.3 Å².